The topological polar surface area (TPSA) is 72.5 Å². The van der Waals surface area contributed by atoms with Gasteiger partial charge in [-0.2, -0.15) is 11.3 Å². The molecular weight excluding hydrogens is 434 g/mol. The molecule has 3 heterocycles. The summed E-state index contributed by atoms with van der Waals surface area (Å²) >= 11 is 1.63. The van der Waals surface area contributed by atoms with Gasteiger partial charge in [-0.1, -0.05) is 30.3 Å². The molecule has 0 atom stereocenters. The highest BCUT2D eigenvalue weighted by Gasteiger charge is 2.19. The van der Waals surface area contributed by atoms with Gasteiger partial charge in [-0.05, 0) is 59.9 Å². The number of fused-ring (bicyclic) bond motifs is 2. The number of nitrogens with one attached hydrogen (secondary N) is 1. The minimum atomic E-state index is -0.487. The summed E-state index contributed by atoms with van der Waals surface area (Å²) in [6, 6.07) is 15.9. The van der Waals surface area contributed by atoms with Crippen LogP contribution in [0.2, 0.25) is 0 Å². The van der Waals surface area contributed by atoms with Crippen LogP contribution in [-0.2, 0) is 17.6 Å². The summed E-state index contributed by atoms with van der Waals surface area (Å²) in [5.41, 5.74) is 5.05. The SMILES string of the molecule is Cc1oc2cc3oc(=O)c(CC(=O)NCCc4ccsc4)c(C)c3cc2c1-c1ccccc1. The number of aryl methyl sites for hydroxylation is 2. The summed E-state index contributed by atoms with van der Waals surface area (Å²) in [6.45, 7) is 4.33. The number of amides is 1. The second-order valence-corrected chi connectivity index (χ2v) is 8.93. The summed E-state index contributed by atoms with van der Waals surface area (Å²) in [7, 11) is 0. The maximum absolute atomic E-state index is 12.7. The molecule has 33 heavy (non-hydrogen) atoms. The van der Waals surface area contributed by atoms with Crippen LogP contribution in [0.5, 0.6) is 0 Å². The van der Waals surface area contributed by atoms with Crippen LogP contribution in [0, 0.1) is 13.8 Å². The van der Waals surface area contributed by atoms with Gasteiger partial charge in [0.1, 0.15) is 16.9 Å². The Morgan fingerprint density at radius 3 is 2.55 bits per heavy atom. The molecule has 5 aromatic rings. The molecule has 0 saturated carbocycles. The zero-order valence-electron chi connectivity index (χ0n) is 18.4. The number of hydrogen-bond donors (Lipinski definition) is 1. The molecule has 0 radical (unpaired) electrons. The van der Waals surface area contributed by atoms with Crippen LogP contribution in [0.3, 0.4) is 0 Å². The lowest BCUT2D eigenvalue weighted by molar-refractivity contribution is -0.120. The molecule has 3 aromatic heterocycles. The number of carbonyl (C=O) groups is 1. The summed E-state index contributed by atoms with van der Waals surface area (Å²) in [6.07, 6.45) is 0.752. The van der Waals surface area contributed by atoms with Crippen molar-refractivity contribution < 1.29 is 13.6 Å². The van der Waals surface area contributed by atoms with Gasteiger partial charge >= 0.3 is 5.63 Å². The zero-order valence-corrected chi connectivity index (χ0v) is 19.3. The smallest absolute Gasteiger partial charge is 0.340 e. The Balaban J connectivity index is 1.49. The molecule has 0 saturated heterocycles. The second-order valence-electron chi connectivity index (χ2n) is 8.15. The van der Waals surface area contributed by atoms with Crippen molar-refractivity contribution >= 4 is 39.2 Å². The fourth-order valence-electron chi connectivity index (χ4n) is 4.27. The normalized spacial score (nSPS) is 11.3. The number of furan rings is 1. The Kier molecular flexibility index (Phi) is 5.60. The number of carbonyl (C=O) groups excluding carboxylic acids is 1. The summed E-state index contributed by atoms with van der Waals surface area (Å²) in [5, 5.41) is 8.75. The molecular formula is C27H23NO4S. The van der Waals surface area contributed by atoms with Crippen LogP contribution < -0.4 is 10.9 Å². The highest BCUT2D eigenvalue weighted by Crippen LogP contribution is 2.37. The number of rotatable bonds is 6. The largest absolute Gasteiger partial charge is 0.461 e. The van der Waals surface area contributed by atoms with Crippen LogP contribution >= 0.6 is 11.3 Å². The Hall–Kier alpha value is -3.64. The Morgan fingerprint density at radius 1 is 1.00 bits per heavy atom. The first-order valence-electron chi connectivity index (χ1n) is 10.8. The quantitative estimate of drug-likeness (QED) is 0.328. The van der Waals surface area contributed by atoms with E-state index in [-0.39, 0.29) is 12.3 Å². The van der Waals surface area contributed by atoms with Crippen molar-refractivity contribution in [3.63, 3.8) is 0 Å². The van der Waals surface area contributed by atoms with Crippen molar-refractivity contribution in [3.8, 4) is 11.1 Å². The molecule has 1 N–H and O–H groups in total. The summed E-state index contributed by atoms with van der Waals surface area (Å²) in [5.74, 6) is 0.613. The maximum Gasteiger partial charge on any atom is 0.340 e. The van der Waals surface area contributed by atoms with Gasteiger partial charge in [0.15, 0.2) is 0 Å². The van der Waals surface area contributed by atoms with E-state index in [1.54, 1.807) is 17.4 Å². The fourth-order valence-corrected chi connectivity index (χ4v) is 4.98. The van der Waals surface area contributed by atoms with E-state index >= 15 is 0 Å². The standard InChI is InChI=1S/C27H23NO4S/c1-16-20-12-22-24(31-17(2)26(22)19-6-4-3-5-7-19)14-23(20)32-27(30)21(16)13-25(29)28-10-8-18-9-11-33-15-18/h3-7,9,11-12,14-15H,8,10,13H2,1-2H3,(H,28,29). The monoisotopic (exact) mass is 457 g/mol. The van der Waals surface area contributed by atoms with Gasteiger partial charge < -0.3 is 14.2 Å². The molecule has 0 spiro atoms. The van der Waals surface area contributed by atoms with Gasteiger partial charge in [-0.15, -0.1) is 0 Å². The van der Waals surface area contributed by atoms with E-state index in [9.17, 15) is 9.59 Å². The van der Waals surface area contributed by atoms with Gasteiger partial charge in [0, 0.05) is 28.9 Å². The van der Waals surface area contributed by atoms with Gasteiger partial charge in [-0.25, -0.2) is 4.79 Å². The third kappa shape index (κ3) is 4.10. The highest BCUT2D eigenvalue weighted by molar-refractivity contribution is 7.07. The van der Waals surface area contributed by atoms with Crippen molar-refractivity contribution in [1.82, 2.24) is 5.32 Å². The highest BCUT2D eigenvalue weighted by atomic mass is 32.1. The first kappa shape index (κ1) is 21.2. The lowest BCUT2D eigenvalue weighted by Gasteiger charge is -2.09. The van der Waals surface area contributed by atoms with Gasteiger partial charge in [-0.3, -0.25) is 4.79 Å². The molecule has 0 aliphatic rings. The average molecular weight is 458 g/mol. The predicted octanol–water partition coefficient (Wildman–Crippen LogP) is 5.79. The third-order valence-electron chi connectivity index (χ3n) is 5.99. The van der Waals surface area contributed by atoms with E-state index in [4.69, 9.17) is 8.83 Å². The zero-order chi connectivity index (χ0) is 22.9. The minimum Gasteiger partial charge on any atom is -0.461 e. The van der Waals surface area contributed by atoms with Gasteiger partial charge in [0.05, 0.1) is 12.0 Å². The first-order valence-corrected chi connectivity index (χ1v) is 11.8. The number of benzene rings is 2. The molecule has 0 unspecified atom stereocenters. The molecule has 5 nitrogen and oxygen atoms in total. The van der Waals surface area contributed by atoms with E-state index < -0.39 is 5.63 Å². The van der Waals surface area contributed by atoms with Crippen LogP contribution in [-0.4, -0.2) is 12.5 Å². The molecule has 1 amide bonds. The molecule has 0 aliphatic carbocycles. The maximum atomic E-state index is 12.7. The van der Waals surface area contributed by atoms with Crippen molar-refractivity contribution in [3.05, 3.63) is 92.2 Å². The fraction of sp³-hybridized carbons (Fsp3) is 0.185. The lowest BCUT2D eigenvalue weighted by Crippen LogP contribution is -2.29. The first-order chi connectivity index (χ1) is 16.0. The molecule has 0 bridgehead atoms. The molecule has 2 aromatic carbocycles. The average Bonchev–Trinajstić information content (AvgIpc) is 3.43. The van der Waals surface area contributed by atoms with E-state index in [0.717, 1.165) is 39.6 Å². The van der Waals surface area contributed by atoms with Crippen molar-refractivity contribution in [2.24, 2.45) is 0 Å². The van der Waals surface area contributed by atoms with Crippen molar-refractivity contribution in [2.45, 2.75) is 26.7 Å². The van der Waals surface area contributed by atoms with Crippen LogP contribution in [0.1, 0.15) is 22.5 Å². The van der Waals surface area contributed by atoms with Crippen LogP contribution in [0.4, 0.5) is 0 Å². The molecule has 5 rings (SSSR count). The van der Waals surface area contributed by atoms with Crippen LogP contribution in [0.15, 0.2) is 72.9 Å². The summed E-state index contributed by atoms with van der Waals surface area (Å²) < 4.78 is 11.6. The Bertz CT molecular complexity index is 1510. The Labute approximate surface area is 194 Å². The van der Waals surface area contributed by atoms with Gasteiger partial charge in [0.25, 0.3) is 0 Å². The summed E-state index contributed by atoms with van der Waals surface area (Å²) in [4.78, 5) is 25.2. The number of thiophene rings is 1. The van der Waals surface area contributed by atoms with Gasteiger partial charge in [0.2, 0.25) is 5.91 Å². The van der Waals surface area contributed by atoms with E-state index in [2.05, 4.69) is 10.7 Å². The second kappa shape index (κ2) is 8.71. The molecule has 166 valence electrons. The van der Waals surface area contributed by atoms with E-state index in [0.29, 0.717) is 23.3 Å². The Morgan fingerprint density at radius 2 is 1.79 bits per heavy atom. The van der Waals surface area contributed by atoms with E-state index in [1.807, 2.05) is 61.7 Å². The number of hydrogen-bond acceptors (Lipinski definition) is 5. The molecule has 6 heteroatoms. The minimum absolute atomic E-state index is 0.0122. The van der Waals surface area contributed by atoms with E-state index in [1.165, 1.54) is 5.56 Å². The van der Waals surface area contributed by atoms with Crippen molar-refractivity contribution in [1.29, 1.82) is 0 Å². The molecule has 0 fully saturated rings. The third-order valence-corrected chi connectivity index (χ3v) is 6.72. The van der Waals surface area contributed by atoms with Crippen molar-refractivity contribution in [2.75, 3.05) is 6.54 Å². The van der Waals surface area contributed by atoms with Crippen LogP contribution in [0.25, 0.3) is 33.1 Å². The predicted molar refractivity (Wildman–Crippen MR) is 132 cm³/mol. The lowest BCUT2D eigenvalue weighted by atomic mass is 9.98. The molecule has 0 aliphatic heterocycles.